The molecule has 0 saturated carbocycles. The highest BCUT2D eigenvalue weighted by Crippen LogP contribution is 2.62. The Labute approximate surface area is 158 Å². The highest BCUT2D eigenvalue weighted by Gasteiger charge is 2.59. The fourth-order valence-corrected chi connectivity index (χ4v) is 6.07. The third-order valence-corrected chi connectivity index (χ3v) is 7.01. The molecule has 2 aromatic rings. The van der Waals surface area contributed by atoms with E-state index in [9.17, 15) is 0 Å². The predicted molar refractivity (Wildman–Crippen MR) is 112 cm³/mol. The molecule has 0 amide bonds. The Morgan fingerprint density at radius 2 is 1.58 bits per heavy atom. The van der Waals surface area contributed by atoms with Gasteiger partial charge in [0.2, 0.25) is 0 Å². The van der Waals surface area contributed by atoms with E-state index in [0.717, 1.165) is 32.1 Å². The van der Waals surface area contributed by atoms with Crippen LogP contribution in [0.2, 0.25) is 0 Å². The SMILES string of the molecule is C=CCC1Cc2ccccc2C1(CC=C)C1(C=C)CCc2ccccc21. The number of hydrogen-bond donors (Lipinski definition) is 0. The molecule has 26 heavy (non-hydrogen) atoms. The summed E-state index contributed by atoms with van der Waals surface area (Å²) in [6.45, 7) is 12.6. The van der Waals surface area contributed by atoms with Gasteiger partial charge in [0, 0.05) is 10.8 Å². The molecule has 4 rings (SSSR count). The van der Waals surface area contributed by atoms with Crippen molar-refractivity contribution in [3.8, 4) is 0 Å². The van der Waals surface area contributed by atoms with Gasteiger partial charge in [0.1, 0.15) is 0 Å². The van der Waals surface area contributed by atoms with Crippen LogP contribution in [-0.2, 0) is 23.7 Å². The van der Waals surface area contributed by atoms with Crippen LogP contribution in [0.5, 0.6) is 0 Å². The van der Waals surface area contributed by atoms with E-state index >= 15 is 0 Å². The van der Waals surface area contributed by atoms with E-state index in [0.29, 0.717) is 5.92 Å². The molecule has 0 nitrogen and oxygen atoms in total. The molecule has 0 heterocycles. The van der Waals surface area contributed by atoms with Gasteiger partial charge in [-0.2, -0.15) is 0 Å². The van der Waals surface area contributed by atoms with Gasteiger partial charge < -0.3 is 0 Å². The molecule has 2 aliphatic rings. The minimum absolute atomic E-state index is 0.00782. The van der Waals surface area contributed by atoms with Crippen LogP contribution >= 0.6 is 0 Å². The van der Waals surface area contributed by atoms with Crippen LogP contribution in [0.1, 0.15) is 41.5 Å². The second-order valence-corrected chi connectivity index (χ2v) is 7.88. The molecule has 2 aliphatic carbocycles. The zero-order chi connectivity index (χ0) is 18.2. The van der Waals surface area contributed by atoms with Gasteiger partial charge in [-0.1, -0.05) is 66.8 Å². The molecule has 0 aliphatic heterocycles. The van der Waals surface area contributed by atoms with Crippen molar-refractivity contribution in [3.05, 3.63) is 109 Å². The van der Waals surface area contributed by atoms with Crippen LogP contribution in [-0.4, -0.2) is 0 Å². The van der Waals surface area contributed by atoms with Crippen molar-refractivity contribution < 1.29 is 0 Å². The first kappa shape index (κ1) is 17.1. The lowest BCUT2D eigenvalue weighted by Crippen LogP contribution is -2.49. The summed E-state index contributed by atoms with van der Waals surface area (Å²) in [6.07, 6.45) is 11.9. The third kappa shape index (κ3) is 2.08. The Morgan fingerprint density at radius 1 is 0.885 bits per heavy atom. The number of allylic oxidation sites excluding steroid dienone is 3. The molecule has 0 aromatic heterocycles. The van der Waals surface area contributed by atoms with Gasteiger partial charge in [-0.15, -0.1) is 19.7 Å². The maximum Gasteiger partial charge on any atom is 0.0238 e. The molecule has 0 bridgehead atoms. The molecule has 0 heteroatoms. The van der Waals surface area contributed by atoms with Gasteiger partial charge >= 0.3 is 0 Å². The number of benzene rings is 2. The molecule has 3 unspecified atom stereocenters. The molecule has 0 fully saturated rings. The van der Waals surface area contributed by atoms with Gasteiger partial charge in [-0.3, -0.25) is 0 Å². The Morgan fingerprint density at radius 3 is 2.27 bits per heavy atom. The molecular formula is C26H28. The largest absolute Gasteiger partial charge is 0.103 e. The molecule has 0 saturated heterocycles. The lowest BCUT2D eigenvalue weighted by Gasteiger charge is -2.50. The molecular weight excluding hydrogens is 312 g/mol. The zero-order valence-electron chi connectivity index (χ0n) is 15.6. The van der Waals surface area contributed by atoms with E-state index in [4.69, 9.17) is 0 Å². The highest BCUT2D eigenvalue weighted by atomic mass is 14.6. The first-order valence-electron chi connectivity index (χ1n) is 9.75. The lowest BCUT2D eigenvalue weighted by atomic mass is 9.52. The van der Waals surface area contributed by atoms with E-state index in [-0.39, 0.29) is 10.8 Å². The van der Waals surface area contributed by atoms with Crippen molar-refractivity contribution in [2.75, 3.05) is 0 Å². The smallest absolute Gasteiger partial charge is 0.0238 e. The van der Waals surface area contributed by atoms with Crippen LogP contribution in [0, 0.1) is 5.92 Å². The summed E-state index contributed by atoms with van der Waals surface area (Å²) < 4.78 is 0. The molecule has 3 atom stereocenters. The maximum atomic E-state index is 4.39. The van der Waals surface area contributed by atoms with Gasteiger partial charge in [0.25, 0.3) is 0 Å². The van der Waals surface area contributed by atoms with Crippen molar-refractivity contribution >= 4 is 0 Å². The monoisotopic (exact) mass is 340 g/mol. The average molecular weight is 341 g/mol. The second-order valence-electron chi connectivity index (χ2n) is 7.88. The van der Waals surface area contributed by atoms with Gasteiger partial charge in [-0.25, -0.2) is 0 Å². The van der Waals surface area contributed by atoms with Crippen molar-refractivity contribution in [1.82, 2.24) is 0 Å². The van der Waals surface area contributed by atoms with E-state index in [1.807, 2.05) is 0 Å². The van der Waals surface area contributed by atoms with Crippen molar-refractivity contribution in [2.45, 2.75) is 42.9 Å². The van der Waals surface area contributed by atoms with Crippen LogP contribution in [0.4, 0.5) is 0 Å². The van der Waals surface area contributed by atoms with Crippen LogP contribution in [0.3, 0.4) is 0 Å². The van der Waals surface area contributed by atoms with E-state index in [2.05, 4.69) is 86.5 Å². The summed E-state index contributed by atoms with van der Waals surface area (Å²) >= 11 is 0. The molecule has 0 spiro atoms. The van der Waals surface area contributed by atoms with E-state index in [1.165, 1.54) is 22.3 Å². The van der Waals surface area contributed by atoms with E-state index in [1.54, 1.807) is 0 Å². The normalized spacial score (nSPS) is 29.0. The molecule has 132 valence electrons. The van der Waals surface area contributed by atoms with Crippen molar-refractivity contribution in [2.24, 2.45) is 5.92 Å². The average Bonchev–Trinajstić information content (AvgIpc) is 3.20. The zero-order valence-corrected chi connectivity index (χ0v) is 15.6. The summed E-state index contributed by atoms with van der Waals surface area (Å²) in [6, 6.07) is 18.0. The van der Waals surface area contributed by atoms with Crippen molar-refractivity contribution in [3.63, 3.8) is 0 Å². The standard InChI is InChI=1S/C26H28/c1-4-11-22-19-21-13-8-10-15-24(21)26(22,17-5-2)25(6-3)18-16-20-12-7-9-14-23(20)25/h4-10,12-15,22H,1-3,11,16-19H2. The Hall–Kier alpha value is -2.34. The van der Waals surface area contributed by atoms with E-state index < -0.39 is 0 Å². The summed E-state index contributed by atoms with van der Waals surface area (Å²) in [5.41, 5.74) is 5.92. The van der Waals surface area contributed by atoms with Crippen LogP contribution in [0.15, 0.2) is 86.5 Å². The molecule has 0 N–H and O–H groups in total. The Kier molecular flexibility index (Phi) is 4.23. The summed E-state index contributed by atoms with van der Waals surface area (Å²) in [7, 11) is 0. The van der Waals surface area contributed by atoms with Crippen molar-refractivity contribution in [1.29, 1.82) is 0 Å². The van der Waals surface area contributed by atoms with Crippen LogP contribution < -0.4 is 0 Å². The molecule has 2 aromatic carbocycles. The molecule has 0 radical (unpaired) electrons. The minimum Gasteiger partial charge on any atom is -0.103 e. The minimum atomic E-state index is -0.0436. The number of fused-ring (bicyclic) bond motifs is 2. The lowest BCUT2D eigenvalue weighted by molar-refractivity contribution is 0.183. The van der Waals surface area contributed by atoms with Gasteiger partial charge in [-0.05, 0) is 60.3 Å². The first-order chi connectivity index (χ1) is 12.7. The summed E-state index contributed by atoms with van der Waals surface area (Å²) in [4.78, 5) is 0. The number of rotatable bonds is 6. The first-order valence-corrected chi connectivity index (χ1v) is 9.75. The van der Waals surface area contributed by atoms with Gasteiger partial charge in [0.15, 0.2) is 0 Å². The van der Waals surface area contributed by atoms with Crippen LogP contribution in [0.25, 0.3) is 0 Å². The number of aryl methyl sites for hydroxylation is 1. The van der Waals surface area contributed by atoms with Gasteiger partial charge in [0.05, 0.1) is 0 Å². The highest BCUT2D eigenvalue weighted by molar-refractivity contribution is 5.55. The fourth-order valence-electron chi connectivity index (χ4n) is 6.07. The predicted octanol–water partition coefficient (Wildman–Crippen LogP) is 6.32. The quantitative estimate of drug-likeness (QED) is 0.540. The summed E-state index contributed by atoms with van der Waals surface area (Å²) in [5, 5.41) is 0. The maximum absolute atomic E-state index is 4.39. The number of hydrogen-bond acceptors (Lipinski definition) is 0. The Bertz CT molecular complexity index is 858. The topological polar surface area (TPSA) is 0 Å². The fraction of sp³-hybridized carbons (Fsp3) is 0.308. The summed E-state index contributed by atoms with van der Waals surface area (Å²) in [5.74, 6) is 0.527. The third-order valence-electron chi connectivity index (χ3n) is 7.01. The Balaban J connectivity index is 2.03. The second kappa shape index (κ2) is 6.43.